The zero-order chi connectivity index (χ0) is 19.4. The van der Waals surface area contributed by atoms with E-state index in [9.17, 15) is 14.7 Å². The Morgan fingerprint density at radius 1 is 1.04 bits per heavy atom. The highest BCUT2D eigenvalue weighted by Gasteiger charge is 2.19. The van der Waals surface area contributed by atoms with Gasteiger partial charge in [0.05, 0.1) is 4.47 Å². The molecule has 1 saturated carbocycles. The number of aromatic hydroxyl groups is 1. The van der Waals surface area contributed by atoms with Crippen LogP contribution in [0.4, 0.5) is 0 Å². The molecule has 27 heavy (non-hydrogen) atoms. The maximum Gasteiger partial charge on any atom is 0.342 e. The van der Waals surface area contributed by atoms with Crippen molar-refractivity contribution in [2.24, 2.45) is 0 Å². The molecule has 2 aromatic rings. The standard InChI is InChI=1S/C21H20Br2O4/c22-16-10-17(20(25)18(23)11-16)21(26)27-12-19(24)15-8-6-14(7-9-15)13-4-2-1-3-5-13/h6-11,13,25H,1-5,12H2. The third-order valence-corrected chi connectivity index (χ3v) is 5.95. The fraction of sp³-hybridized carbons (Fsp3) is 0.333. The van der Waals surface area contributed by atoms with Crippen LogP contribution in [0.1, 0.15) is 64.3 Å². The summed E-state index contributed by atoms with van der Waals surface area (Å²) in [6.45, 7) is -0.370. The number of hydrogen-bond donors (Lipinski definition) is 1. The Labute approximate surface area is 175 Å². The van der Waals surface area contributed by atoms with E-state index in [0.717, 1.165) is 0 Å². The first-order valence-corrected chi connectivity index (χ1v) is 10.5. The van der Waals surface area contributed by atoms with Crippen LogP contribution in [0.25, 0.3) is 0 Å². The molecule has 142 valence electrons. The van der Waals surface area contributed by atoms with Crippen molar-refractivity contribution in [2.45, 2.75) is 38.0 Å². The van der Waals surface area contributed by atoms with Crippen LogP contribution in [-0.4, -0.2) is 23.5 Å². The van der Waals surface area contributed by atoms with Gasteiger partial charge in [0.15, 0.2) is 12.4 Å². The molecule has 0 spiro atoms. The smallest absolute Gasteiger partial charge is 0.342 e. The van der Waals surface area contributed by atoms with Crippen molar-refractivity contribution >= 4 is 43.6 Å². The molecular formula is C21H20Br2O4. The summed E-state index contributed by atoms with van der Waals surface area (Å²) in [5.74, 6) is -0.653. The van der Waals surface area contributed by atoms with E-state index in [-0.39, 0.29) is 23.7 Å². The van der Waals surface area contributed by atoms with Crippen LogP contribution in [0.3, 0.4) is 0 Å². The van der Waals surface area contributed by atoms with Crippen molar-refractivity contribution in [3.05, 3.63) is 62.0 Å². The molecule has 0 heterocycles. The second kappa shape index (κ2) is 9.02. The molecule has 0 aliphatic heterocycles. The first kappa shape index (κ1) is 20.1. The molecule has 4 nitrogen and oxygen atoms in total. The van der Waals surface area contributed by atoms with Gasteiger partial charge >= 0.3 is 5.97 Å². The number of carbonyl (C=O) groups excluding carboxylic acids is 2. The van der Waals surface area contributed by atoms with Gasteiger partial charge in [0, 0.05) is 10.0 Å². The van der Waals surface area contributed by atoms with Crippen molar-refractivity contribution in [3.8, 4) is 5.75 Å². The summed E-state index contributed by atoms with van der Waals surface area (Å²) in [6.07, 6.45) is 6.25. The second-order valence-electron chi connectivity index (χ2n) is 6.74. The number of phenolic OH excluding ortho intramolecular Hbond substituents is 1. The monoisotopic (exact) mass is 494 g/mol. The van der Waals surface area contributed by atoms with Crippen LogP contribution >= 0.6 is 31.9 Å². The molecular weight excluding hydrogens is 476 g/mol. The SMILES string of the molecule is O=C(COC(=O)c1cc(Br)cc(Br)c1O)c1ccc(C2CCCCC2)cc1. The van der Waals surface area contributed by atoms with Gasteiger partial charge in [-0.3, -0.25) is 4.79 Å². The van der Waals surface area contributed by atoms with Gasteiger partial charge in [-0.1, -0.05) is 59.5 Å². The summed E-state index contributed by atoms with van der Waals surface area (Å²) in [5, 5.41) is 9.98. The Bertz CT molecular complexity index is 840. The van der Waals surface area contributed by atoms with E-state index in [1.54, 1.807) is 18.2 Å². The number of rotatable bonds is 5. The van der Waals surface area contributed by atoms with Crippen molar-refractivity contribution in [2.75, 3.05) is 6.61 Å². The molecule has 3 rings (SSSR count). The van der Waals surface area contributed by atoms with Gasteiger partial charge < -0.3 is 9.84 Å². The normalized spacial score (nSPS) is 14.7. The predicted octanol–water partition coefficient (Wildman–Crippen LogP) is 6.00. The number of halogens is 2. The zero-order valence-electron chi connectivity index (χ0n) is 14.7. The van der Waals surface area contributed by atoms with Crippen LogP contribution in [0.2, 0.25) is 0 Å². The number of ketones is 1. The Hall–Kier alpha value is -1.66. The lowest BCUT2D eigenvalue weighted by atomic mass is 9.84. The number of Topliss-reactive ketones (excluding diaryl/α,β-unsaturated/α-hetero) is 1. The lowest BCUT2D eigenvalue weighted by Crippen LogP contribution is -2.14. The number of hydrogen-bond acceptors (Lipinski definition) is 4. The topological polar surface area (TPSA) is 63.6 Å². The molecule has 0 unspecified atom stereocenters. The lowest BCUT2D eigenvalue weighted by molar-refractivity contribution is 0.0471. The van der Waals surface area contributed by atoms with Crippen LogP contribution in [-0.2, 0) is 4.74 Å². The molecule has 0 atom stereocenters. The number of carbonyl (C=O) groups is 2. The first-order valence-electron chi connectivity index (χ1n) is 8.94. The van der Waals surface area contributed by atoms with Crippen LogP contribution in [0, 0.1) is 0 Å². The maximum atomic E-state index is 12.3. The Morgan fingerprint density at radius 3 is 2.37 bits per heavy atom. The highest BCUT2D eigenvalue weighted by atomic mass is 79.9. The molecule has 1 aliphatic rings. The van der Waals surface area contributed by atoms with E-state index in [1.807, 2.05) is 12.1 Å². The minimum absolute atomic E-state index is 0.00306. The lowest BCUT2D eigenvalue weighted by Gasteiger charge is -2.22. The van der Waals surface area contributed by atoms with E-state index >= 15 is 0 Å². The summed E-state index contributed by atoms with van der Waals surface area (Å²) in [4.78, 5) is 24.5. The largest absolute Gasteiger partial charge is 0.506 e. The van der Waals surface area contributed by atoms with E-state index in [2.05, 4.69) is 31.9 Å². The number of benzene rings is 2. The molecule has 0 amide bonds. The van der Waals surface area contributed by atoms with Crippen LogP contribution in [0.15, 0.2) is 45.3 Å². The second-order valence-corrected chi connectivity index (χ2v) is 8.51. The molecule has 1 fully saturated rings. The molecule has 0 radical (unpaired) electrons. The average Bonchev–Trinajstić information content (AvgIpc) is 2.69. The van der Waals surface area contributed by atoms with E-state index in [0.29, 0.717) is 20.4 Å². The van der Waals surface area contributed by atoms with E-state index in [1.165, 1.54) is 43.7 Å². The molecule has 1 aliphatic carbocycles. The Morgan fingerprint density at radius 2 is 1.70 bits per heavy atom. The molecule has 1 N–H and O–H groups in total. The van der Waals surface area contributed by atoms with Crippen molar-refractivity contribution in [3.63, 3.8) is 0 Å². The van der Waals surface area contributed by atoms with E-state index < -0.39 is 5.97 Å². The van der Waals surface area contributed by atoms with Gasteiger partial charge in [-0.05, 0) is 52.4 Å². The van der Waals surface area contributed by atoms with Gasteiger partial charge in [0.25, 0.3) is 0 Å². The quantitative estimate of drug-likeness (QED) is 0.407. The fourth-order valence-corrected chi connectivity index (χ4v) is 4.62. The zero-order valence-corrected chi connectivity index (χ0v) is 17.9. The first-order chi connectivity index (χ1) is 13.0. The third-order valence-electron chi connectivity index (χ3n) is 4.89. The average molecular weight is 496 g/mol. The summed E-state index contributed by atoms with van der Waals surface area (Å²) in [5.41, 5.74) is 1.78. The van der Waals surface area contributed by atoms with Crippen molar-refractivity contribution in [1.29, 1.82) is 0 Å². The summed E-state index contributed by atoms with van der Waals surface area (Å²) in [7, 11) is 0. The molecule has 0 saturated heterocycles. The number of phenols is 1. The number of esters is 1. The molecule has 2 aromatic carbocycles. The van der Waals surface area contributed by atoms with Gasteiger partial charge in [-0.2, -0.15) is 0 Å². The van der Waals surface area contributed by atoms with Gasteiger partial charge in [-0.25, -0.2) is 4.79 Å². The van der Waals surface area contributed by atoms with Gasteiger partial charge in [-0.15, -0.1) is 0 Å². The highest BCUT2D eigenvalue weighted by Crippen LogP contribution is 2.33. The summed E-state index contributed by atoms with van der Waals surface area (Å²) >= 11 is 6.42. The van der Waals surface area contributed by atoms with Crippen molar-refractivity contribution in [1.82, 2.24) is 0 Å². The minimum atomic E-state index is -0.748. The maximum absolute atomic E-state index is 12.3. The van der Waals surface area contributed by atoms with Gasteiger partial charge in [0.1, 0.15) is 11.3 Å². The Kier molecular flexibility index (Phi) is 6.71. The van der Waals surface area contributed by atoms with E-state index in [4.69, 9.17) is 4.74 Å². The predicted molar refractivity (Wildman–Crippen MR) is 110 cm³/mol. The van der Waals surface area contributed by atoms with Gasteiger partial charge in [0.2, 0.25) is 0 Å². The highest BCUT2D eigenvalue weighted by molar-refractivity contribution is 9.11. The minimum Gasteiger partial charge on any atom is -0.506 e. The summed E-state index contributed by atoms with van der Waals surface area (Å²) < 4.78 is 6.08. The third kappa shape index (κ3) is 4.99. The summed E-state index contributed by atoms with van der Waals surface area (Å²) in [6, 6.07) is 10.7. The Balaban J connectivity index is 1.61. The van der Waals surface area contributed by atoms with Crippen LogP contribution < -0.4 is 0 Å². The fourth-order valence-electron chi connectivity index (χ4n) is 3.39. The molecule has 0 aromatic heterocycles. The molecule has 6 heteroatoms. The van der Waals surface area contributed by atoms with Crippen LogP contribution in [0.5, 0.6) is 5.75 Å². The molecule has 0 bridgehead atoms. The van der Waals surface area contributed by atoms with Crippen molar-refractivity contribution < 1.29 is 19.4 Å². The number of ether oxygens (including phenoxy) is 1.